The van der Waals surface area contributed by atoms with E-state index in [1.807, 2.05) is 0 Å². The lowest BCUT2D eigenvalue weighted by Gasteiger charge is -2.20. The normalized spacial score (nSPS) is 10.1. The topological polar surface area (TPSA) is 20.3 Å². The summed E-state index contributed by atoms with van der Waals surface area (Å²) in [5, 5.41) is 1.10. The first-order chi connectivity index (χ1) is 8.08. The van der Waals surface area contributed by atoms with Gasteiger partial charge >= 0.3 is 0 Å². The van der Waals surface area contributed by atoms with Gasteiger partial charge in [-0.05, 0) is 17.7 Å². The van der Waals surface area contributed by atoms with E-state index >= 15 is 0 Å². The number of carbonyl (C=O) groups excluding carboxylic acids is 1. The van der Waals surface area contributed by atoms with Crippen LogP contribution in [0.25, 0.3) is 0 Å². The Kier molecular flexibility index (Phi) is 5.83. The zero-order valence-corrected chi connectivity index (χ0v) is 11.4. The van der Waals surface area contributed by atoms with E-state index in [1.54, 1.807) is 29.2 Å². The molecule has 1 amide bonds. The van der Waals surface area contributed by atoms with Crippen molar-refractivity contribution in [1.82, 2.24) is 4.90 Å². The smallest absolute Gasteiger partial charge is 0.238 e. The van der Waals surface area contributed by atoms with Crippen LogP contribution < -0.4 is 0 Å². The second kappa shape index (κ2) is 6.90. The van der Waals surface area contributed by atoms with E-state index < -0.39 is 0 Å². The average Bonchev–Trinajstić information content (AvgIpc) is 2.30. The first-order valence-corrected chi connectivity index (χ1v) is 6.26. The molecule has 0 spiro atoms. The Balaban J connectivity index is 2.85. The van der Waals surface area contributed by atoms with Crippen molar-refractivity contribution in [3.63, 3.8) is 0 Å². The van der Waals surface area contributed by atoms with Crippen LogP contribution in [0.3, 0.4) is 0 Å². The van der Waals surface area contributed by atoms with Crippen molar-refractivity contribution in [1.29, 1.82) is 0 Å². The molecule has 92 valence electrons. The molecule has 0 aliphatic heterocycles. The number of halogens is 3. The van der Waals surface area contributed by atoms with E-state index in [-0.39, 0.29) is 11.8 Å². The summed E-state index contributed by atoms with van der Waals surface area (Å²) in [5.74, 6) is -0.212. The van der Waals surface area contributed by atoms with Gasteiger partial charge in [0.2, 0.25) is 5.91 Å². The third-order valence-electron chi connectivity index (χ3n) is 2.19. The van der Waals surface area contributed by atoms with Gasteiger partial charge in [-0.25, -0.2) is 0 Å². The highest BCUT2D eigenvalue weighted by Crippen LogP contribution is 2.22. The monoisotopic (exact) mass is 291 g/mol. The minimum Gasteiger partial charge on any atom is -0.334 e. The van der Waals surface area contributed by atoms with Gasteiger partial charge in [-0.3, -0.25) is 4.79 Å². The number of nitrogens with zero attached hydrogens (tertiary/aromatic N) is 1. The molecule has 0 bridgehead atoms. The van der Waals surface area contributed by atoms with E-state index in [0.717, 1.165) is 5.56 Å². The summed E-state index contributed by atoms with van der Waals surface area (Å²) in [4.78, 5) is 13.1. The van der Waals surface area contributed by atoms with Gasteiger partial charge in [0, 0.05) is 23.1 Å². The highest BCUT2D eigenvalue weighted by molar-refractivity contribution is 6.35. The summed E-state index contributed by atoms with van der Waals surface area (Å²) in [7, 11) is 0. The fourth-order valence-electron chi connectivity index (χ4n) is 1.35. The molecule has 0 atom stereocenters. The molecule has 0 saturated heterocycles. The number of amides is 1. The van der Waals surface area contributed by atoms with Gasteiger partial charge in [0.05, 0.1) is 0 Å². The Labute approximate surface area is 116 Å². The maximum absolute atomic E-state index is 11.6. The minimum absolute atomic E-state index is 0.0565. The van der Waals surface area contributed by atoms with Crippen molar-refractivity contribution < 1.29 is 4.79 Å². The molecule has 0 aliphatic carbocycles. The Bertz CT molecular complexity index is 420. The maximum atomic E-state index is 11.6. The van der Waals surface area contributed by atoms with Crippen molar-refractivity contribution in [2.45, 2.75) is 6.54 Å². The molecule has 2 nitrogen and oxygen atoms in total. The summed E-state index contributed by atoms with van der Waals surface area (Å²) in [6.07, 6.45) is 1.65. The van der Waals surface area contributed by atoms with Crippen molar-refractivity contribution >= 4 is 40.7 Å². The van der Waals surface area contributed by atoms with Crippen LogP contribution in [0.15, 0.2) is 30.9 Å². The molecule has 0 aromatic heterocycles. The first kappa shape index (κ1) is 14.4. The molecule has 0 aliphatic rings. The quantitative estimate of drug-likeness (QED) is 0.598. The molecule has 0 radical (unpaired) electrons. The van der Waals surface area contributed by atoms with E-state index in [2.05, 4.69) is 6.58 Å². The number of hydrogen-bond acceptors (Lipinski definition) is 1. The zero-order valence-electron chi connectivity index (χ0n) is 9.13. The van der Waals surface area contributed by atoms with Crippen LogP contribution >= 0.6 is 34.8 Å². The lowest BCUT2D eigenvalue weighted by Crippen LogP contribution is -2.31. The molecular weight excluding hydrogens is 280 g/mol. The molecule has 0 heterocycles. The molecule has 0 fully saturated rings. The fraction of sp³-hybridized carbons (Fsp3) is 0.250. The van der Waals surface area contributed by atoms with Gasteiger partial charge in [0.1, 0.15) is 5.88 Å². The van der Waals surface area contributed by atoms with Gasteiger partial charge in [-0.15, -0.1) is 18.2 Å². The molecule has 1 aromatic rings. The molecule has 17 heavy (non-hydrogen) atoms. The maximum Gasteiger partial charge on any atom is 0.238 e. The summed E-state index contributed by atoms with van der Waals surface area (Å²) < 4.78 is 0. The second-order valence-corrected chi connectivity index (χ2v) is 4.54. The van der Waals surface area contributed by atoms with Crippen LogP contribution in [0.4, 0.5) is 0 Å². The van der Waals surface area contributed by atoms with E-state index in [4.69, 9.17) is 34.8 Å². The minimum atomic E-state index is -0.155. The van der Waals surface area contributed by atoms with Crippen LogP contribution in [0.5, 0.6) is 0 Å². The van der Waals surface area contributed by atoms with Gasteiger partial charge in [-0.2, -0.15) is 0 Å². The zero-order chi connectivity index (χ0) is 12.8. The van der Waals surface area contributed by atoms with Gasteiger partial charge in [0.15, 0.2) is 0 Å². The molecule has 0 saturated carbocycles. The Hall–Kier alpha value is -0.700. The second-order valence-electron chi connectivity index (χ2n) is 3.43. The summed E-state index contributed by atoms with van der Waals surface area (Å²) >= 11 is 17.4. The van der Waals surface area contributed by atoms with Crippen LogP contribution in [-0.4, -0.2) is 23.2 Å². The molecule has 1 rings (SSSR count). The van der Waals surface area contributed by atoms with Crippen LogP contribution in [0.1, 0.15) is 5.56 Å². The third kappa shape index (κ3) is 4.23. The van der Waals surface area contributed by atoms with Crippen molar-refractivity contribution in [3.8, 4) is 0 Å². The predicted octanol–water partition coefficient (Wildman–Crippen LogP) is 3.75. The largest absolute Gasteiger partial charge is 0.334 e. The standard InChI is InChI=1S/C12H12Cl3NO/c1-2-5-16(12(17)7-13)8-9-3-4-10(14)6-11(9)15/h2-4,6H,1,5,7-8H2. The van der Waals surface area contributed by atoms with E-state index in [0.29, 0.717) is 23.1 Å². The van der Waals surface area contributed by atoms with Crippen LogP contribution in [0.2, 0.25) is 10.0 Å². The highest BCUT2D eigenvalue weighted by Gasteiger charge is 2.13. The predicted molar refractivity (Wildman–Crippen MR) is 72.8 cm³/mol. The summed E-state index contributed by atoms with van der Waals surface area (Å²) in [5.41, 5.74) is 0.830. The van der Waals surface area contributed by atoms with Gasteiger partial charge in [0.25, 0.3) is 0 Å². The molecule has 5 heteroatoms. The van der Waals surface area contributed by atoms with Gasteiger partial charge < -0.3 is 4.90 Å². The van der Waals surface area contributed by atoms with E-state index in [1.165, 1.54) is 0 Å². The van der Waals surface area contributed by atoms with Gasteiger partial charge in [-0.1, -0.05) is 35.3 Å². The summed E-state index contributed by atoms with van der Waals surface area (Å²) in [6.45, 7) is 4.44. The van der Waals surface area contributed by atoms with Crippen molar-refractivity contribution in [3.05, 3.63) is 46.5 Å². The first-order valence-electron chi connectivity index (χ1n) is 4.97. The number of alkyl halides is 1. The molecule has 1 aromatic carbocycles. The number of carbonyl (C=O) groups is 1. The lowest BCUT2D eigenvalue weighted by molar-refractivity contribution is -0.128. The Morgan fingerprint density at radius 3 is 2.65 bits per heavy atom. The Morgan fingerprint density at radius 1 is 1.41 bits per heavy atom. The molecule has 0 N–H and O–H groups in total. The highest BCUT2D eigenvalue weighted by atomic mass is 35.5. The van der Waals surface area contributed by atoms with Crippen LogP contribution in [-0.2, 0) is 11.3 Å². The van der Waals surface area contributed by atoms with Crippen molar-refractivity contribution in [2.75, 3.05) is 12.4 Å². The number of rotatable bonds is 5. The lowest BCUT2D eigenvalue weighted by atomic mass is 10.2. The molecule has 0 unspecified atom stereocenters. The molecular formula is C12H12Cl3NO. The average molecular weight is 293 g/mol. The fourth-order valence-corrected chi connectivity index (χ4v) is 1.99. The number of benzene rings is 1. The SMILES string of the molecule is C=CCN(Cc1ccc(Cl)cc1Cl)C(=O)CCl. The van der Waals surface area contributed by atoms with Crippen LogP contribution in [0, 0.1) is 0 Å². The summed E-state index contributed by atoms with van der Waals surface area (Å²) in [6, 6.07) is 5.18. The van der Waals surface area contributed by atoms with Crippen molar-refractivity contribution in [2.24, 2.45) is 0 Å². The van der Waals surface area contributed by atoms with E-state index in [9.17, 15) is 4.79 Å². The Morgan fingerprint density at radius 2 is 2.12 bits per heavy atom. The third-order valence-corrected chi connectivity index (χ3v) is 3.01. The number of hydrogen-bond donors (Lipinski definition) is 0.